The molecule has 3 rings (SSSR count). The van der Waals surface area contributed by atoms with Gasteiger partial charge in [-0.15, -0.1) is 0 Å². The maximum absolute atomic E-state index is 13.2. The number of hydrogen-bond acceptors (Lipinski definition) is 3. The van der Waals surface area contributed by atoms with Crippen molar-refractivity contribution in [2.45, 2.75) is 39.0 Å². The molecule has 1 N–H and O–H groups in total. The van der Waals surface area contributed by atoms with Crippen molar-refractivity contribution in [2.75, 3.05) is 7.11 Å². The maximum atomic E-state index is 13.2. The van der Waals surface area contributed by atoms with E-state index in [0.29, 0.717) is 34.7 Å². The highest BCUT2D eigenvalue weighted by Gasteiger charge is 2.13. The summed E-state index contributed by atoms with van der Waals surface area (Å²) in [5, 5.41) is 3.91. The van der Waals surface area contributed by atoms with E-state index in [9.17, 15) is 4.39 Å². The Hall–Kier alpha value is -2.08. The van der Waals surface area contributed by atoms with E-state index in [1.165, 1.54) is 17.7 Å². The van der Waals surface area contributed by atoms with Crippen LogP contribution in [0.25, 0.3) is 0 Å². The summed E-state index contributed by atoms with van der Waals surface area (Å²) < 4.78 is 25.6. The number of hydrogen-bond donors (Lipinski definition) is 1. The van der Waals surface area contributed by atoms with Gasteiger partial charge in [-0.3, -0.25) is 0 Å². The smallest absolute Gasteiger partial charge is 0.162 e. The van der Waals surface area contributed by atoms with Gasteiger partial charge >= 0.3 is 0 Å². The summed E-state index contributed by atoms with van der Waals surface area (Å²) in [4.78, 5) is 0. The van der Waals surface area contributed by atoms with Crippen molar-refractivity contribution in [3.8, 4) is 11.5 Å². The number of ether oxygens (including phenoxy) is 2. The van der Waals surface area contributed by atoms with Crippen molar-refractivity contribution in [1.82, 2.24) is 5.32 Å². The lowest BCUT2D eigenvalue weighted by atomic mass is 10.1. The van der Waals surface area contributed by atoms with Crippen molar-refractivity contribution >= 4 is 27.5 Å². The van der Waals surface area contributed by atoms with Gasteiger partial charge in [0.25, 0.3) is 0 Å². The predicted molar refractivity (Wildman–Crippen MR) is 128 cm³/mol. The van der Waals surface area contributed by atoms with Crippen LogP contribution in [-0.2, 0) is 19.6 Å². The number of nitrogens with one attached hydrogen (secondary N) is 1. The van der Waals surface area contributed by atoms with Crippen molar-refractivity contribution in [3.05, 3.63) is 92.7 Å². The van der Waals surface area contributed by atoms with Gasteiger partial charge in [-0.05, 0) is 55.2 Å². The van der Waals surface area contributed by atoms with Crippen LogP contribution in [0.2, 0.25) is 5.02 Å². The van der Waals surface area contributed by atoms with Gasteiger partial charge in [0.2, 0.25) is 0 Å². The molecule has 31 heavy (non-hydrogen) atoms. The minimum atomic E-state index is -0.371. The first-order chi connectivity index (χ1) is 15.0. The molecule has 0 fully saturated rings. The highest BCUT2D eigenvalue weighted by Crippen LogP contribution is 2.34. The Morgan fingerprint density at radius 2 is 1.81 bits per heavy atom. The summed E-state index contributed by atoms with van der Waals surface area (Å²) in [7, 11) is 1.61. The van der Waals surface area contributed by atoms with Gasteiger partial charge in [0.1, 0.15) is 12.4 Å². The topological polar surface area (TPSA) is 30.5 Å². The standard InChI is InChI=1S/C25H26BrClFNO2/c1-17(8-9-18-6-4-3-5-7-18)29-15-20-12-24(30-2)25(14-22(20)26)31-16-19-10-11-21(28)13-23(19)27/h3-7,10-14,17,29H,8-9,15-16H2,1-2H3. The molecule has 0 saturated heterocycles. The van der Waals surface area contributed by atoms with E-state index in [2.05, 4.69) is 52.4 Å². The van der Waals surface area contributed by atoms with Crippen LogP contribution in [-0.4, -0.2) is 13.2 Å². The number of halogens is 3. The van der Waals surface area contributed by atoms with Gasteiger partial charge in [0, 0.05) is 22.6 Å². The largest absolute Gasteiger partial charge is 0.493 e. The van der Waals surface area contributed by atoms with E-state index in [1.54, 1.807) is 13.2 Å². The molecule has 1 atom stereocenters. The van der Waals surface area contributed by atoms with Crippen LogP contribution in [0.3, 0.4) is 0 Å². The molecule has 164 valence electrons. The lowest BCUT2D eigenvalue weighted by molar-refractivity contribution is 0.284. The molecule has 0 saturated carbocycles. The second kappa shape index (κ2) is 11.5. The van der Waals surface area contributed by atoms with Gasteiger partial charge < -0.3 is 14.8 Å². The summed E-state index contributed by atoms with van der Waals surface area (Å²) in [6, 6.07) is 19.0. The molecular weight excluding hydrogens is 481 g/mol. The maximum Gasteiger partial charge on any atom is 0.162 e. The van der Waals surface area contributed by atoms with E-state index >= 15 is 0 Å². The molecule has 1 unspecified atom stereocenters. The van der Waals surface area contributed by atoms with E-state index in [4.69, 9.17) is 21.1 Å². The third kappa shape index (κ3) is 6.96. The molecular formula is C25H26BrClFNO2. The third-order valence-corrected chi connectivity index (χ3v) is 6.17. The van der Waals surface area contributed by atoms with E-state index in [0.717, 1.165) is 22.9 Å². The molecule has 0 aliphatic carbocycles. The Kier molecular flexibility index (Phi) is 8.76. The zero-order valence-electron chi connectivity index (χ0n) is 17.6. The molecule has 3 aromatic rings. The van der Waals surface area contributed by atoms with E-state index in [1.807, 2.05) is 18.2 Å². The zero-order valence-corrected chi connectivity index (χ0v) is 20.0. The first kappa shape index (κ1) is 23.6. The van der Waals surface area contributed by atoms with Crippen LogP contribution in [0.1, 0.15) is 30.0 Å². The van der Waals surface area contributed by atoms with Crippen LogP contribution in [0, 0.1) is 5.82 Å². The summed E-state index contributed by atoms with van der Waals surface area (Å²) in [6.07, 6.45) is 2.09. The molecule has 6 heteroatoms. The average molecular weight is 507 g/mol. The third-order valence-electron chi connectivity index (χ3n) is 5.08. The van der Waals surface area contributed by atoms with Crippen LogP contribution in [0.15, 0.2) is 65.1 Å². The molecule has 0 spiro atoms. The van der Waals surface area contributed by atoms with Crippen LogP contribution in [0.5, 0.6) is 11.5 Å². The molecule has 0 aliphatic rings. The molecule has 0 aromatic heterocycles. The normalized spacial score (nSPS) is 11.9. The number of aryl methyl sites for hydroxylation is 1. The Labute approximate surface area is 196 Å². The molecule has 3 aromatic carbocycles. The van der Waals surface area contributed by atoms with Gasteiger partial charge in [-0.25, -0.2) is 4.39 Å². The van der Waals surface area contributed by atoms with E-state index < -0.39 is 0 Å². The average Bonchev–Trinajstić information content (AvgIpc) is 2.77. The monoisotopic (exact) mass is 505 g/mol. The SMILES string of the molecule is COc1cc(CNC(C)CCc2ccccc2)c(Br)cc1OCc1ccc(F)cc1Cl. The quantitative estimate of drug-likeness (QED) is 0.323. The van der Waals surface area contributed by atoms with Crippen molar-refractivity contribution in [2.24, 2.45) is 0 Å². The van der Waals surface area contributed by atoms with Gasteiger partial charge in [0.15, 0.2) is 11.5 Å². The second-order valence-corrected chi connectivity index (χ2v) is 8.69. The number of rotatable bonds is 10. The fraction of sp³-hybridized carbons (Fsp3) is 0.280. The number of benzene rings is 3. The Morgan fingerprint density at radius 3 is 2.52 bits per heavy atom. The van der Waals surface area contributed by atoms with Gasteiger partial charge in [-0.2, -0.15) is 0 Å². The van der Waals surface area contributed by atoms with Gasteiger partial charge in [-0.1, -0.05) is 63.9 Å². The highest BCUT2D eigenvalue weighted by atomic mass is 79.9. The second-order valence-electron chi connectivity index (χ2n) is 7.43. The zero-order chi connectivity index (χ0) is 22.2. The van der Waals surface area contributed by atoms with Gasteiger partial charge in [0.05, 0.1) is 12.1 Å². The predicted octanol–water partition coefficient (Wildman–Crippen LogP) is 6.94. The highest BCUT2D eigenvalue weighted by molar-refractivity contribution is 9.10. The minimum absolute atomic E-state index is 0.218. The van der Waals surface area contributed by atoms with Crippen molar-refractivity contribution < 1.29 is 13.9 Å². The molecule has 0 amide bonds. The summed E-state index contributed by atoms with van der Waals surface area (Å²) >= 11 is 9.73. The summed E-state index contributed by atoms with van der Waals surface area (Å²) in [6.45, 7) is 3.12. The Balaban J connectivity index is 1.59. The van der Waals surface area contributed by atoms with Crippen LogP contribution < -0.4 is 14.8 Å². The molecule has 3 nitrogen and oxygen atoms in total. The fourth-order valence-corrected chi connectivity index (χ4v) is 3.88. The van der Waals surface area contributed by atoms with Crippen molar-refractivity contribution in [1.29, 1.82) is 0 Å². The first-order valence-electron chi connectivity index (χ1n) is 10.2. The lowest BCUT2D eigenvalue weighted by Gasteiger charge is -2.17. The summed E-state index contributed by atoms with van der Waals surface area (Å²) in [5.74, 6) is 0.856. The first-order valence-corrected chi connectivity index (χ1v) is 11.3. The minimum Gasteiger partial charge on any atom is -0.493 e. The number of methoxy groups -OCH3 is 1. The lowest BCUT2D eigenvalue weighted by Crippen LogP contribution is -2.26. The van der Waals surface area contributed by atoms with E-state index in [-0.39, 0.29) is 12.4 Å². The Bertz CT molecular complexity index is 1000. The fourth-order valence-electron chi connectivity index (χ4n) is 3.19. The molecule has 0 bridgehead atoms. The Morgan fingerprint density at radius 1 is 1.03 bits per heavy atom. The molecule has 0 heterocycles. The van der Waals surface area contributed by atoms with Crippen LogP contribution >= 0.6 is 27.5 Å². The van der Waals surface area contributed by atoms with Crippen LogP contribution in [0.4, 0.5) is 4.39 Å². The molecule has 0 radical (unpaired) electrons. The molecule has 0 aliphatic heterocycles. The summed E-state index contributed by atoms with van der Waals surface area (Å²) in [5.41, 5.74) is 3.14. The van der Waals surface area contributed by atoms with Crippen molar-refractivity contribution in [3.63, 3.8) is 0 Å².